The van der Waals surface area contributed by atoms with Gasteiger partial charge >= 0.3 is 9.05 Å². The summed E-state index contributed by atoms with van der Waals surface area (Å²) in [7, 11) is -3.44. The van der Waals surface area contributed by atoms with Crippen LogP contribution in [0.3, 0.4) is 0 Å². The number of hydrogen-bond acceptors (Lipinski definition) is 7. The molecule has 0 aliphatic rings. The molecule has 25 heavy (non-hydrogen) atoms. The van der Waals surface area contributed by atoms with Crippen LogP contribution in [0, 0.1) is 0 Å². The molecule has 0 N–H and O–H groups in total. The van der Waals surface area contributed by atoms with Gasteiger partial charge in [0.1, 0.15) is 17.3 Å². The van der Waals surface area contributed by atoms with E-state index in [0.29, 0.717) is 23.9 Å². The number of rotatable bonds is 11. The minimum Gasteiger partial charge on any atom is -0.467 e. The van der Waals surface area contributed by atoms with Crippen LogP contribution in [0.2, 0.25) is 0 Å². The first-order valence-corrected chi connectivity index (χ1v) is 9.56. The summed E-state index contributed by atoms with van der Waals surface area (Å²) in [5, 5.41) is 0. The highest BCUT2D eigenvalue weighted by Crippen LogP contribution is 2.20. The highest BCUT2D eigenvalue weighted by molar-refractivity contribution is 6.53. The zero-order valence-corrected chi connectivity index (χ0v) is 14.9. The Kier molecular flexibility index (Phi) is 6.26. The molecule has 0 saturated carbocycles. The minimum atomic E-state index is -3.44. The maximum absolute atomic E-state index is 5.91. The Morgan fingerprint density at radius 3 is 1.40 bits per heavy atom. The maximum atomic E-state index is 5.91. The van der Waals surface area contributed by atoms with Gasteiger partial charge in [-0.1, -0.05) is 0 Å². The number of hydrogen-bond donors (Lipinski definition) is 0. The van der Waals surface area contributed by atoms with Crippen molar-refractivity contribution in [2.45, 2.75) is 26.7 Å². The van der Waals surface area contributed by atoms with Gasteiger partial charge in [-0.25, -0.2) is 0 Å². The van der Waals surface area contributed by atoms with Gasteiger partial charge in [0, 0.05) is 8.03 Å². The lowest BCUT2D eigenvalue weighted by Crippen LogP contribution is -2.48. The van der Waals surface area contributed by atoms with Gasteiger partial charge in [-0.2, -0.15) is 0 Å². The fraction of sp³-hybridized carbons (Fsp3) is 0.294. The Morgan fingerprint density at radius 2 is 1.12 bits per heavy atom. The van der Waals surface area contributed by atoms with E-state index in [-0.39, 0.29) is 21.2 Å². The lowest BCUT2D eigenvalue weighted by molar-refractivity contribution is -0.0527. The SMILES string of the molecule is CCO[Si](OCc1ccco1)(OCc1ccco1)OCc1ccco1.[HH]. The van der Waals surface area contributed by atoms with E-state index in [9.17, 15) is 0 Å². The van der Waals surface area contributed by atoms with Crippen molar-refractivity contribution in [3.63, 3.8) is 0 Å². The highest BCUT2D eigenvalue weighted by Gasteiger charge is 2.46. The van der Waals surface area contributed by atoms with Crippen molar-refractivity contribution in [1.29, 1.82) is 0 Å². The normalized spacial score (nSPS) is 11.9. The zero-order chi connectivity index (χ0) is 17.4. The van der Waals surface area contributed by atoms with E-state index in [4.69, 9.17) is 31.0 Å². The Balaban J connectivity index is 0.00000243. The third-order valence-electron chi connectivity index (χ3n) is 3.24. The lowest BCUT2D eigenvalue weighted by atomic mass is 10.5. The fourth-order valence-corrected chi connectivity index (χ4v) is 3.90. The Hall–Kier alpha value is -2.10. The first-order chi connectivity index (χ1) is 12.3. The molecule has 0 atom stereocenters. The predicted molar refractivity (Wildman–Crippen MR) is 90.0 cm³/mol. The largest absolute Gasteiger partial charge is 0.680 e. The molecule has 0 aliphatic heterocycles. The van der Waals surface area contributed by atoms with Crippen LogP contribution in [0.1, 0.15) is 25.6 Å². The van der Waals surface area contributed by atoms with Crippen LogP contribution in [0.5, 0.6) is 0 Å². The van der Waals surface area contributed by atoms with E-state index < -0.39 is 9.05 Å². The highest BCUT2D eigenvalue weighted by atomic mass is 28.4. The summed E-state index contributed by atoms with van der Waals surface area (Å²) in [6.07, 6.45) is 4.74. The molecule has 0 unspecified atom stereocenters. The second kappa shape index (κ2) is 8.84. The van der Waals surface area contributed by atoms with Gasteiger partial charge in [-0.15, -0.1) is 0 Å². The Labute approximate surface area is 148 Å². The fourth-order valence-electron chi connectivity index (χ4n) is 2.09. The van der Waals surface area contributed by atoms with E-state index in [2.05, 4.69) is 0 Å². The third kappa shape index (κ3) is 5.18. The second-order valence-electron chi connectivity index (χ2n) is 5.04. The molecule has 3 aromatic rings. The van der Waals surface area contributed by atoms with Crippen molar-refractivity contribution in [3.05, 3.63) is 72.5 Å². The molecule has 0 fully saturated rings. The molecule has 8 heteroatoms. The number of furan rings is 3. The molecule has 3 aromatic heterocycles. The summed E-state index contributed by atoms with van der Waals surface area (Å²) in [5.41, 5.74) is 0. The van der Waals surface area contributed by atoms with Crippen molar-refractivity contribution in [3.8, 4) is 0 Å². The molecule has 0 aromatic carbocycles. The molecule has 3 heterocycles. The van der Waals surface area contributed by atoms with Gasteiger partial charge in [0.25, 0.3) is 0 Å². The molecule has 0 spiro atoms. The van der Waals surface area contributed by atoms with E-state index in [1.807, 2.05) is 25.1 Å². The van der Waals surface area contributed by atoms with Crippen LogP contribution in [0.25, 0.3) is 0 Å². The molecule has 0 bridgehead atoms. The van der Waals surface area contributed by atoms with Crippen molar-refractivity contribution in [2.75, 3.05) is 6.61 Å². The average Bonchev–Trinajstić information content (AvgIpc) is 3.40. The smallest absolute Gasteiger partial charge is 0.467 e. The molecule has 3 rings (SSSR count). The molecule has 0 radical (unpaired) electrons. The summed E-state index contributed by atoms with van der Waals surface area (Å²) in [6.45, 7) is 2.76. The first-order valence-electron chi connectivity index (χ1n) is 7.92. The average molecular weight is 366 g/mol. The van der Waals surface area contributed by atoms with Crippen molar-refractivity contribution in [2.24, 2.45) is 0 Å². The zero-order valence-electron chi connectivity index (χ0n) is 13.9. The van der Waals surface area contributed by atoms with Crippen LogP contribution in [-0.4, -0.2) is 15.7 Å². The van der Waals surface area contributed by atoms with E-state index >= 15 is 0 Å². The first kappa shape index (κ1) is 17.7. The molecule has 0 amide bonds. The molecular formula is C17H22O7Si. The monoisotopic (exact) mass is 366 g/mol. The topological polar surface area (TPSA) is 76.3 Å². The second-order valence-corrected chi connectivity index (χ2v) is 7.19. The molecule has 7 nitrogen and oxygen atoms in total. The van der Waals surface area contributed by atoms with Crippen molar-refractivity contribution < 1.29 is 32.4 Å². The summed E-state index contributed by atoms with van der Waals surface area (Å²) < 4.78 is 39.4. The van der Waals surface area contributed by atoms with Crippen molar-refractivity contribution in [1.82, 2.24) is 0 Å². The van der Waals surface area contributed by atoms with Gasteiger partial charge in [-0.05, 0) is 43.3 Å². The van der Waals surface area contributed by atoms with Gasteiger partial charge in [-0.3, -0.25) is 0 Å². The maximum Gasteiger partial charge on any atom is 0.680 e. The van der Waals surface area contributed by atoms with E-state index in [1.165, 1.54) is 0 Å². The molecule has 136 valence electrons. The quantitative estimate of drug-likeness (QED) is 0.472. The van der Waals surface area contributed by atoms with Crippen LogP contribution in [0.4, 0.5) is 0 Å². The van der Waals surface area contributed by atoms with Gasteiger partial charge in [0.05, 0.1) is 38.6 Å². The minimum absolute atomic E-state index is 0. The van der Waals surface area contributed by atoms with Crippen LogP contribution in [0.15, 0.2) is 68.4 Å². The molecule has 0 aliphatic carbocycles. The summed E-state index contributed by atoms with van der Waals surface area (Å²) in [4.78, 5) is 0. The summed E-state index contributed by atoms with van der Waals surface area (Å²) in [5.74, 6) is 1.96. The summed E-state index contributed by atoms with van der Waals surface area (Å²) in [6, 6.07) is 10.8. The van der Waals surface area contributed by atoms with Gasteiger partial charge in [0.2, 0.25) is 0 Å². The van der Waals surface area contributed by atoms with Gasteiger partial charge in [0.15, 0.2) is 0 Å². The van der Waals surface area contributed by atoms with Crippen LogP contribution in [-0.2, 0) is 37.5 Å². The van der Waals surface area contributed by atoms with Crippen LogP contribution >= 0.6 is 0 Å². The van der Waals surface area contributed by atoms with Crippen molar-refractivity contribution >= 4 is 9.05 Å². The molecule has 0 saturated heterocycles. The molecular weight excluding hydrogens is 344 g/mol. The predicted octanol–water partition coefficient (Wildman–Crippen LogP) is 4.13. The Morgan fingerprint density at radius 1 is 0.720 bits per heavy atom. The lowest BCUT2D eigenvalue weighted by Gasteiger charge is -2.26. The standard InChI is InChI=1S/C17H20O7Si.H2/c1-2-21-25(22-12-15-6-3-9-18-15,23-13-16-7-4-10-19-16)24-14-17-8-5-11-20-17;/h3-11H,2,12-14H2,1H3;1H. The van der Waals surface area contributed by atoms with Gasteiger partial charge < -0.3 is 31.0 Å². The Bertz CT molecular complexity index is 604. The van der Waals surface area contributed by atoms with E-state index in [0.717, 1.165) is 0 Å². The van der Waals surface area contributed by atoms with Crippen LogP contribution < -0.4 is 0 Å². The van der Waals surface area contributed by atoms with E-state index in [1.54, 1.807) is 37.0 Å². The third-order valence-corrected chi connectivity index (χ3v) is 5.37. The summed E-state index contributed by atoms with van der Waals surface area (Å²) >= 11 is 0.